The van der Waals surface area contributed by atoms with Crippen molar-refractivity contribution in [2.75, 3.05) is 39.3 Å². The number of carbonyl (C=O) groups is 2. The number of hydrogen-bond acceptors (Lipinski definition) is 4. The highest BCUT2D eigenvalue weighted by molar-refractivity contribution is 5.98. The molecule has 2 amide bonds. The van der Waals surface area contributed by atoms with Crippen molar-refractivity contribution in [3.05, 3.63) is 65.7 Å². The fraction of sp³-hybridized carbons (Fsp3) is 0.364. The Bertz CT molecular complexity index is 787. The Morgan fingerprint density at radius 2 is 1.64 bits per heavy atom. The van der Waals surface area contributed by atoms with Crippen molar-refractivity contribution in [3.63, 3.8) is 0 Å². The van der Waals surface area contributed by atoms with Crippen LogP contribution in [0.4, 0.5) is 0 Å². The van der Waals surface area contributed by atoms with E-state index < -0.39 is 0 Å². The molecule has 2 aromatic carbocycles. The molecule has 28 heavy (non-hydrogen) atoms. The Morgan fingerprint density at radius 3 is 2.36 bits per heavy atom. The maximum absolute atomic E-state index is 12.5. The number of amides is 2. The lowest BCUT2D eigenvalue weighted by Crippen LogP contribution is -2.50. The molecule has 1 fully saturated rings. The van der Waals surface area contributed by atoms with Gasteiger partial charge >= 0.3 is 0 Å². The zero-order valence-corrected chi connectivity index (χ0v) is 16.3. The molecule has 0 unspecified atom stereocenters. The highest BCUT2D eigenvalue weighted by atomic mass is 16.5. The van der Waals surface area contributed by atoms with Gasteiger partial charge in [-0.15, -0.1) is 0 Å². The van der Waals surface area contributed by atoms with Gasteiger partial charge in [0.1, 0.15) is 5.75 Å². The SMILES string of the molecule is CCOc1ccccc1C(=O)NCC(=O)N1CCN(Cc2ccccc2)CC1. The van der Waals surface area contributed by atoms with Crippen molar-refractivity contribution in [3.8, 4) is 5.75 Å². The maximum atomic E-state index is 12.5. The summed E-state index contributed by atoms with van der Waals surface area (Å²) in [5.74, 6) is 0.186. The van der Waals surface area contributed by atoms with E-state index in [0.29, 0.717) is 31.0 Å². The van der Waals surface area contributed by atoms with Gasteiger partial charge in [0.25, 0.3) is 5.91 Å². The highest BCUT2D eigenvalue weighted by Gasteiger charge is 2.22. The number of benzene rings is 2. The molecule has 0 aliphatic carbocycles. The molecule has 1 saturated heterocycles. The average Bonchev–Trinajstić information content (AvgIpc) is 2.74. The smallest absolute Gasteiger partial charge is 0.255 e. The van der Waals surface area contributed by atoms with Crippen molar-refractivity contribution >= 4 is 11.8 Å². The first-order valence-corrected chi connectivity index (χ1v) is 9.71. The third kappa shape index (κ3) is 5.33. The second-order valence-corrected chi connectivity index (χ2v) is 6.75. The summed E-state index contributed by atoms with van der Waals surface area (Å²) in [6.07, 6.45) is 0. The van der Waals surface area contributed by atoms with Gasteiger partial charge in [0.05, 0.1) is 18.7 Å². The van der Waals surface area contributed by atoms with E-state index in [1.54, 1.807) is 18.2 Å². The molecular formula is C22H27N3O3. The van der Waals surface area contributed by atoms with E-state index >= 15 is 0 Å². The van der Waals surface area contributed by atoms with Crippen LogP contribution in [0.5, 0.6) is 5.75 Å². The first-order valence-electron chi connectivity index (χ1n) is 9.71. The third-order valence-corrected chi connectivity index (χ3v) is 4.81. The number of hydrogen-bond donors (Lipinski definition) is 1. The minimum Gasteiger partial charge on any atom is -0.493 e. The minimum atomic E-state index is -0.292. The molecular weight excluding hydrogens is 354 g/mol. The van der Waals surface area contributed by atoms with E-state index in [2.05, 4.69) is 22.3 Å². The third-order valence-electron chi connectivity index (χ3n) is 4.81. The molecule has 1 aliphatic rings. The predicted octanol–water partition coefficient (Wildman–Crippen LogP) is 2.16. The van der Waals surface area contributed by atoms with Crippen LogP contribution in [0.2, 0.25) is 0 Å². The Balaban J connectivity index is 1.45. The number of rotatable bonds is 7. The van der Waals surface area contributed by atoms with Gasteiger partial charge < -0.3 is 15.0 Å². The van der Waals surface area contributed by atoms with E-state index in [0.717, 1.165) is 19.6 Å². The zero-order valence-electron chi connectivity index (χ0n) is 16.3. The summed E-state index contributed by atoms with van der Waals surface area (Å²) in [6, 6.07) is 17.4. The standard InChI is InChI=1S/C22H27N3O3/c1-2-28-20-11-7-6-10-19(20)22(27)23-16-21(26)25-14-12-24(13-15-25)17-18-8-4-3-5-9-18/h3-11H,2,12-17H2,1H3,(H,23,27). The molecule has 0 bridgehead atoms. The Morgan fingerprint density at radius 1 is 0.964 bits per heavy atom. The first-order chi connectivity index (χ1) is 13.7. The second kappa shape index (κ2) is 9.90. The monoisotopic (exact) mass is 381 g/mol. The Labute approximate surface area is 166 Å². The van der Waals surface area contributed by atoms with Crippen LogP contribution < -0.4 is 10.1 Å². The summed E-state index contributed by atoms with van der Waals surface area (Å²) >= 11 is 0. The van der Waals surface area contributed by atoms with Crippen LogP contribution in [-0.4, -0.2) is 60.9 Å². The molecule has 0 radical (unpaired) electrons. The second-order valence-electron chi connectivity index (χ2n) is 6.75. The zero-order chi connectivity index (χ0) is 19.8. The number of piperazine rings is 1. The van der Waals surface area contributed by atoms with E-state index in [-0.39, 0.29) is 18.4 Å². The molecule has 2 aromatic rings. The molecule has 0 aromatic heterocycles. The van der Waals surface area contributed by atoms with Crippen LogP contribution in [0.1, 0.15) is 22.8 Å². The molecule has 1 N–H and O–H groups in total. The van der Waals surface area contributed by atoms with Gasteiger partial charge in [0.15, 0.2) is 0 Å². The van der Waals surface area contributed by atoms with Crippen molar-refractivity contribution in [2.24, 2.45) is 0 Å². The van der Waals surface area contributed by atoms with Crippen molar-refractivity contribution in [2.45, 2.75) is 13.5 Å². The number of ether oxygens (including phenoxy) is 1. The van der Waals surface area contributed by atoms with E-state index in [1.165, 1.54) is 5.56 Å². The quantitative estimate of drug-likeness (QED) is 0.798. The van der Waals surface area contributed by atoms with E-state index in [1.807, 2.05) is 36.1 Å². The Kier molecular flexibility index (Phi) is 7.03. The molecule has 148 valence electrons. The first kappa shape index (κ1) is 19.9. The van der Waals surface area contributed by atoms with Crippen LogP contribution in [0.25, 0.3) is 0 Å². The Hall–Kier alpha value is -2.86. The topological polar surface area (TPSA) is 61.9 Å². The van der Waals surface area contributed by atoms with Crippen LogP contribution in [0.3, 0.4) is 0 Å². The van der Waals surface area contributed by atoms with Gasteiger partial charge in [0, 0.05) is 32.7 Å². The lowest BCUT2D eigenvalue weighted by Gasteiger charge is -2.34. The van der Waals surface area contributed by atoms with E-state index in [9.17, 15) is 9.59 Å². The molecule has 6 heteroatoms. The van der Waals surface area contributed by atoms with Crippen LogP contribution in [-0.2, 0) is 11.3 Å². The van der Waals surface area contributed by atoms with Crippen LogP contribution in [0, 0.1) is 0 Å². The molecule has 3 rings (SSSR count). The van der Waals surface area contributed by atoms with Gasteiger partial charge in [0.2, 0.25) is 5.91 Å². The molecule has 0 spiro atoms. The molecule has 6 nitrogen and oxygen atoms in total. The lowest BCUT2D eigenvalue weighted by atomic mass is 10.2. The summed E-state index contributed by atoms with van der Waals surface area (Å²) in [4.78, 5) is 29.0. The maximum Gasteiger partial charge on any atom is 0.255 e. The summed E-state index contributed by atoms with van der Waals surface area (Å²) < 4.78 is 5.48. The van der Waals surface area contributed by atoms with Crippen molar-refractivity contribution in [1.82, 2.24) is 15.1 Å². The largest absolute Gasteiger partial charge is 0.493 e. The fourth-order valence-corrected chi connectivity index (χ4v) is 3.30. The van der Waals surface area contributed by atoms with Crippen molar-refractivity contribution in [1.29, 1.82) is 0 Å². The van der Waals surface area contributed by atoms with Crippen molar-refractivity contribution < 1.29 is 14.3 Å². The lowest BCUT2D eigenvalue weighted by molar-refractivity contribution is -0.131. The van der Waals surface area contributed by atoms with Gasteiger partial charge in [-0.1, -0.05) is 42.5 Å². The summed E-state index contributed by atoms with van der Waals surface area (Å²) in [5.41, 5.74) is 1.73. The molecule has 1 heterocycles. The number of carbonyl (C=O) groups excluding carboxylic acids is 2. The molecule has 1 aliphatic heterocycles. The number of nitrogens with zero attached hydrogens (tertiary/aromatic N) is 2. The predicted molar refractivity (Wildman–Crippen MR) is 108 cm³/mol. The highest BCUT2D eigenvalue weighted by Crippen LogP contribution is 2.17. The summed E-state index contributed by atoms with van der Waals surface area (Å²) in [5, 5.41) is 2.72. The van der Waals surface area contributed by atoms with Gasteiger partial charge in [-0.2, -0.15) is 0 Å². The van der Waals surface area contributed by atoms with Gasteiger partial charge in [-0.3, -0.25) is 14.5 Å². The molecule has 0 saturated carbocycles. The summed E-state index contributed by atoms with van der Waals surface area (Å²) in [6.45, 7) is 6.27. The van der Waals surface area contributed by atoms with Crippen LogP contribution >= 0.6 is 0 Å². The van der Waals surface area contributed by atoms with E-state index in [4.69, 9.17) is 4.74 Å². The average molecular weight is 381 g/mol. The van der Waals surface area contributed by atoms with Gasteiger partial charge in [-0.25, -0.2) is 0 Å². The minimum absolute atomic E-state index is 0.00201. The molecule has 0 atom stereocenters. The van der Waals surface area contributed by atoms with Gasteiger partial charge in [-0.05, 0) is 24.6 Å². The normalized spacial score (nSPS) is 14.5. The number of para-hydroxylation sites is 1. The fourth-order valence-electron chi connectivity index (χ4n) is 3.30. The summed E-state index contributed by atoms with van der Waals surface area (Å²) in [7, 11) is 0. The van der Waals surface area contributed by atoms with Crippen LogP contribution in [0.15, 0.2) is 54.6 Å². The number of nitrogens with one attached hydrogen (secondary N) is 1.